The average molecular weight is 684 g/mol. The van der Waals surface area contributed by atoms with Crippen LogP contribution in [0.3, 0.4) is 0 Å². The number of hydrogen-bond acceptors (Lipinski definition) is 6. The van der Waals surface area contributed by atoms with Gasteiger partial charge in [-0.3, -0.25) is 14.4 Å². The molecule has 0 saturated carbocycles. The van der Waals surface area contributed by atoms with E-state index in [1.807, 2.05) is 79.7 Å². The molecule has 5 rings (SSSR count). The third kappa shape index (κ3) is 10.3. The lowest BCUT2D eigenvalue weighted by Gasteiger charge is -2.18. The smallest absolute Gasteiger partial charge is 0.338 e. The van der Waals surface area contributed by atoms with Crippen LogP contribution in [0.25, 0.3) is 6.08 Å². The van der Waals surface area contributed by atoms with E-state index >= 15 is 0 Å². The Morgan fingerprint density at radius 3 is 2.04 bits per heavy atom. The van der Waals surface area contributed by atoms with Crippen molar-refractivity contribution in [2.45, 2.75) is 29.9 Å². The molecule has 0 bridgehead atoms. The average Bonchev–Trinajstić information content (AvgIpc) is 3.15. The standard InChI is InChI=1S/C41H37N3O5S/c1-2-3-26-49-41(48)32-22-24-33(25-23-32)42-40(47)37(30-16-9-5-10-17-30)50-35-21-13-20-34(28-35)43-39(46)36(27-29-14-7-4-8-15-29)44-38(45)31-18-11-6-12-19-31/h4-25,27-28,37H,2-3,26H2,1H3,(H,42,47)(H,43,46)(H,44,45)/b36-27-. The molecule has 0 aliphatic carbocycles. The molecule has 50 heavy (non-hydrogen) atoms. The summed E-state index contributed by atoms with van der Waals surface area (Å²) < 4.78 is 5.28. The summed E-state index contributed by atoms with van der Waals surface area (Å²) in [6, 6.07) is 41.1. The molecule has 1 unspecified atom stereocenters. The number of anilines is 2. The zero-order valence-electron chi connectivity index (χ0n) is 27.5. The van der Waals surface area contributed by atoms with Crippen molar-refractivity contribution in [3.05, 3.63) is 167 Å². The Morgan fingerprint density at radius 1 is 0.700 bits per heavy atom. The molecule has 0 aromatic heterocycles. The molecule has 5 aromatic rings. The third-order valence-corrected chi connectivity index (χ3v) is 8.69. The van der Waals surface area contributed by atoms with E-state index in [1.54, 1.807) is 72.8 Å². The topological polar surface area (TPSA) is 114 Å². The Labute approximate surface area is 296 Å². The highest BCUT2D eigenvalue weighted by Gasteiger charge is 2.23. The summed E-state index contributed by atoms with van der Waals surface area (Å²) in [7, 11) is 0. The highest BCUT2D eigenvalue weighted by atomic mass is 32.2. The number of thioether (sulfide) groups is 1. The van der Waals surface area contributed by atoms with Crippen LogP contribution in [0.5, 0.6) is 0 Å². The highest BCUT2D eigenvalue weighted by Crippen LogP contribution is 2.37. The van der Waals surface area contributed by atoms with Crippen molar-refractivity contribution in [1.82, 2.24) is 5.32 Å². The van der Waals surface area contributed by atoms with E-state index in [-0.39, 0.29) is 11.6 Å². The van der Waals surface area contributed by atoms with E-state index in [1.165, 1.54) is 11.8 Å². The first-order valence-electron chi connectivity index (χ1n) is 16.2. The van der Waals surface area contributed by atoms with Gasteiger partial charge in [-0.15, -0.1) is 11.8 Å². The minimum absolute atomic E-state index is 0.0740. The van der Waals surface area contributed by atoms with Crippen LogP contribution in [-0.2, 0) is 14.3 Å². The molecule has 0 aliphatic rings. The molecule has 0 aliphatic heterocycles. The van der Waals surface area contributed by atoms with Gasteiger partial charge in [-0.1, -0.05) is 98.3 Å². The lowest BCUT2D eigenvalue weighted by atomic mass is 10.1. The van der Waals surface area contributed by atoms with E-state index in [0.717, 1.165) is 28.9 Å². The quantitative estimate of drug-likeness (QED) is 0.0468. The number of amides is 3. The van der Waals surface area contributed by atoms with E-state index in [9.17, 15) is 19.2 Å². The molecule has 9 heteroatoms. The number of esters is 1. The molecular weight excluding hydrogens is 647 g/mol. The number of hydrogen-bond donors (Lipinski definition) is 3. The van der Waals surface area contributed by atoms with Gasteiger partial charge in [0.1, 0.15) is 10.9 Å². The summed E-state index contributed by atoms with van der Waals surface area (Å²) in [4.78, 5) is 53.4. The summed E-state index contributed by atoms with van der Waals surface area (Å²) in [5.41, 5.74) is 3.47. The Bertz CT molecular complexity index is 1930. The van der Waals surface area contributed by atoms with Crippen molar-refractivity contribution in [2.75, 3.05) is 17.2 Å². The number of benzene rings is 5. The van der Waals surface area contributed by atoms with Gasteiger partial charge in [0.15, 0.2) is 0 Å². The summed E-state index contributed by atoms with van der Waals surface area (Å²) >= 11 is 1.33. The fraction of sp³-hybridized carbons (Fsp3) is 0.122. The molecule has 3 N–H and O–H groups in total. The lowest BCUT2D eigenvalue weighted by molar-refractivity contribution is -0.116. The molecule has 0 spiro atoms. The van der Waals surface area contributed by atoms with Crippen molar-refractivity contribution in [3.8, 4) is 0 Å². The van der Waals surface area contributed by atoms with E-state index < -0.39 is 23.0 Å². The van der Waals surface area contributed by atoms with Crippen LogP contribution < -0.4 is 16.0 Å². The maximum Gasteiger partial charge on any atom is 0.338 e. The van der Waals surface area contributed by atoms with Crippen molar-refractivity contribution >= 4 is 52.9 Å². The van der Waals surface area contributed by atoms with Gasteiger partial charge >= 0.3 is 5.97 Å². The van der Waals surface area contributed by atoms with Crippen molar-refractivity contribution < 1.29 is 23.9 Å². The van der Waals surface area contributed by atoms with E-state index in [0.29, 0.717) is 29.1 Å². The number of unbranched alkanes of at least 4 members (excludes halogenated alkanes) is 1. The molecule has 0 saturated heterocycles. The minimum Gasteiger partial charge on any atom is -0.462 e. The van der Waals surface area contributed by atoms with Gasteiger partial charge in [0.25, 0.3) is 11.8 Å². The van der Waals surface area contributed by atoms with Crippen molar-refractivity contribution in [3.63, 3.8) is 0 Å². The number of rotatable bonds is 14. The maximum atomic E-state index is 13.7. The van der Waals surface area contributed by atoms with Gasteiger partial charge in [0.2, 0.25) is 5.91 Å². The zero-order valence-corrected chi connectivity index (χ0v) is 28.3. The Morgan fingerprint density at radius 2 is 1.36 bits per heavy atom. The summed E-state index contributed by atoms with van der Waals surface area (Å²) in [5, 5.41) is 7.98. The van der Waals surface area contributed by atoms with Crippen LogP contribution in [0.1, 0.15) is 56.9 Å². The molecule has 3 amide bonds. The maximum absolute atomic E-state index is 13.7. The molecule has 8 nitrogen and oxygen atoms in total. The zero-order chi connectivity index (χ0) is 35.1. The molecule has 0 radical (unpaired) electrons. The van der Waals surface area contributed by atoms with E-state index in [4.69, 9.17) is 4.74 Å². The molecular formula is C41H37N3O5S. The van der Waals surface area contributed by atoms with Gasteiger partial charge in [0, 0.05) is 21.8 Å². The fourth-order valence-electron chi connectivity index (χ4n) is 4.83. The van der Waals surface area contributed by atoms with Gasteiger partial charge in [-0.2, -0.15) is 0 Å². The largest absolute Gasteiger partial charge is 0.462 e. The number of carbonyl (C=O) groups excluding carboxylic acids is 4. The van der Waals surface area contributed by atoms with Crippen LogP contribution in [0.2, 0.25) is 0 Å². The van der Waals surface area contributed by atoms with Crippen LogP contribution in [0.15, 0.2) is 150 Å². The summed E-state index contributed by atoms with van der Waals surface area (Å²) in [6.45, 7) is 2.39. The predicted octanol–water partition coefficient (Wildman–Crippen LogP) is 8.53. The predicted molar refractivity (Wildman–Crippen MR) is 199 cm³/mol. The Balaban J connectivity index is 1.31. The van der Waals surface area contributed by atoms with Crippen LogP contribution >= 0.6 is 11.8 Å². The van der Waals surface area contributed by atoms with Crippen molar-refractivity contribution in [2.24, 2.45) is 0 Å². The first-order chi connectivity index (χ1) is 24.4. The monoisotopic (exact) mass is 683 g/mol. The highest BCUT2D eigenvalue weighted by molar-refractivity contribution is 8.00. The van der Waals surface area contributed by atoms with Crippen LogP contribution in [-0.4, -0.2) is 30.3 Å². The van der Waals surface area contributed by atoms with E-state index in [2.05, 4.69) is 16.0 Å². The molecule has 5 aromatic carbocycles. The summed E-state index contributed by atoms with van der Waals surface area (Å²) in [5.74, 6) is -1.58. The number of ether oxygens (including phenoxy) is 1. The van der Waals surface area contributed by atoms with Crippen LogP contribution in [0.4, 0.5) is 11.4 Å². The molecule has 252 valence electrons. The van der Waals surface area contributed by atoms with Gasteiger partial charge in [-0.25, -0.2) is 4.79 Å². The fourth-order valence-corrected chi connectivity index (χ4v) is 5.91. The van der Waals surface area contributed by atoms with Gasteiger partial charge < -0.3 is 20.7 Å². The molecule has 1 atom stereocenters. The molecule has 0 heterocycles. The second-order valence-electron chi connectivity index (χ2n) is 11.2. The lowest BCUT2D eigenvalue weighted by Crippen LogP contribution is -2.30. The van der Waals surface area contributed by atoms with Gasteiger partial charge in [0.05, 0.1) is 12.2 Å². The SMILES string of the molecule is CCCCOC(=O)c1ccc(NC(=O)C(Sc2cccc(NC(=O)/C(=C/c3ccccc3)NC(=O)c3ccccc3)c2)c2ccccc2)cc1. The summed E-state index contributed by atoms with van der Waals surface area (Å²) in [6.07, 6.45) is 3.35. The second-order valence-corrected chi connectivity index (χ2v) is 12.4. The number of carbonyl (C=O) groups is 4. The minimum atomic E-state index is -0.639. The van der Waals surface area contributed by atoms with Crippen molar-refractivity contribution in [1.29, 1.82) is 0 Å². The first kappa shape index (κ1) is 35.4. The second kappa shape index (κ2) is 18.0. The normalized spacial score (nSPS) is 11.6. The number of nitrogens with one attached hydrogen (secondary N) is 3. The first-order valence-corrected chi connectivity index (χ1v) is 17.1. The Hall–Kier alpha value is -5.93. The third-order valence-electron chi connectivity index (χ3n) is 7.44. The van der Waals surface area contributed by atoms with Gasteiger partial charge in [-0.05, 0) is 78.2 Å². The Kier molecular flexibility index (Phi) is 12.7. The van der Waals surface area contributed by atoms with Crippen LogP contribution in [0, 0.1) is 0 Å². The molecule has 0 fully saturated rings.